The fourth-order valence-electron chi connectivity index (χ4n) is 2.08. The summed E-state index contributed by atoms with van der Waals surface area (Å²) in [6.07, 6.45) is 6.36. The Balaban J connectivity index is 1.87. The molecule has 0 aliphatic carbocycles. The molecule has 0 bridgehead atoms. The van der Waals surface area contributed by atoms with Crippen LogP contribution in [-0.4, -0.2) is 27.2 Å². The summed E-state index contributed by atoms with van der Waals surface area (Å²) in [6, 6.07) is 0. The van der Waals surface area contributed by atoms with Gasteiger partial charge in [-0.05, 0) is 18.3 Å². The second-order valence-electron chi connectivity index (χ2n) is 4.99. The lowest BCUT2D eigenvalue weighted by atomic mass is 9.84. The Labute approximate surface area is 113 Å². The number of amidine groups is 1. The average Bonchev–Trinajstić information content (AvgIpc) is 2.83. The van der Waals surface area contributed by atoms with Crippen LogP contribution in [0.3, 0.4) is 0 Å². The van der Waals surface area contributed by atoms with Crippen molar-refractivity contribution in [2.45, 2.75) is 33.2 Å². The summed E-state index contributed by atoms with van der Waals surface area (Å²) < 4.78 is 1.83. The zero-order valence-corrected chi connectivity index (χ0v) is 12.3. The molecule has 0 atom stereocenters. The quantitative estimate of drug-likeness (QED) is 0.910. The van der Waals surface area contributed by atoms with Crippen LogP contribution in [0.1, 0.15) is 32.3 Å². The summed E-state index contributed by atoms with van der Waals surface area (Å²) in [5.74, 6) is 1.18. The van der Waals surface area contributed by atoms with E-state index >= 15 is 0 Å². The first kappa shape index (κ1) is 13.5. The minimum atomic E-state index is 0.421. The highest BCUT2D eigenvalue weighted by molar-refractivity contribution is 8.13. The third-order valence-electron chi connectivity index (χ3n) is 3.78. The van der Waals surface area contributed by atoms with E-state index in [1.165, 1.54) is 24.2 Å². The molecule has 1 aliphatic rings. The van der Waals surface area contributed by atoms with E-state index < -0.39 is 0 Å². The molecule has 2 rings (SSSR count). The Morgan fingerprint density at radius 1 is 1.44 bits per heavy atom. The molecule has 2 heterocycles. The van der Waals surface area contributed by atoms with Crippen LogP contribution in [0.5, 0.6) is 0 Å². The molecule has 100 valence electrons. The van der Waals surface area contributed by atoms with E-state index in [1.54, 1.807) is 0 Å². The van der Waals surface area contributed by atoms with Crippen LogP contribution in [-0.2, 0) is 13.6 Å². The third-order valence-corrected chi connectivity index (χ3v) is 5.08. The molecular formula is C13H22N4S. The topological polar surface area (TPSA) is 42.2 Å². The van der Waals surface area contributed by atoms with Crippen LogP contribution in [0.15, 0.2) is 17.4 Å². The minimum absolute atomic E-state index is 0.421. The Bertz CT molecular complexity index is 420. The molecule has 4 nitrogen and oxygen atoms in total. The molecule has 0 spiro atoms. The van der Waals surface area contributed by atoms with Crippen molar-refractivity contribution in [2.75, 3.05) is 12.3 Å². The predicted octanol–water partition coefficient (Wildman–Crippen LogP) is 2.42. The van der Waals surface area contributed by atoms with Crippen LogP contribution in [0.4, 0.5) is 0 Å². The second kappa shape index (κ2) is 5.78. The molecule has 0 radical (unpaired) electrons. The maximum absolute atomic E-state index is 4.69. The van der Waals surface area contributed by atoms with Crippen LogP contribution in [0.2, 0.25) is 0 Å². The van der Waals surface area contributed by atoms with Crippen molar-refractivity contribution in [1.82, 2.24) is 15.1 Å². The Hall–Kier alpha value is -0.970. The lowest BCUT2D eigenvalue weighted by Gasteiger charge is -2.33. The monoisotopic (exact) mass is 266 g/mol. The van der Waals surface area contributed by atoms with Gasteiger partial charge in [0, 0.05) is 37.7 Å². The van der Waals surface area contributed by atoms with Gasteiger partial charge in [-0.25, -0.2) is 0 Å². The average molecular weight is 266 g/mol. The van der Waals surface area contributed by atoms with Gasteiger partial charge in [0.05, 0.1) is 6.20 Å². The molecule has 0 amide bonds. The highest BCUT2D eigenvalue weighted by atomic mass is 32.2. The highest BCUT2D eigenvalue weighted by Crippen LogP contribution is 2.34. The van der Waals surface area contributed by atoms with Gasteiger partial charge in [-0.3, -0.25) is 9.67 Å². The molecule has 5 heteroatoms. The number of nitrogens with one attached hydrogen (secondary N) is 1. The summed E-state index contributed by atoms with van der Waals surface area (Å²) in [4.78, 5) is 4.69. The van der Waals surface area contributed by atoms with Crippen molar-refractivity contribution in [3.05, 3.63) is 18.0 Å². The molecule has 1 aromatic heterocycles. The Morgan fingerprint density at radius 3 is 2.72 bits per heavy atom. The number of hydrogen-bond acceptors (Lipinski definition) is 4. The van der Waals surface area contributed by atoms with Crippen molar-refractivity contribution < 1.29 is 0 Å². The van der Waals surface area contributed by atoms with E-state index in [1.807, 2.05) is 35.9 Å². The molecule has 0 saturated carbocycles. The molecule has 1 N–H and O–H groups in total. The van der Waals surface area contributed by atoms with Gasteiger partial charge in [-0.15, -0.1) is 0 Å². The van der Waals surface area contributed by atoms with Gasteiger partial charge in [-0.2, -0.15) is 5.10 Å². The van der Waals surface area contributed by atoms with E-state index in [2.05, 4.69) is 29.3 Å². The molecular weight excluding hydrogens is 244 g/mol. The summed E-state index contributed by atoms with van der Waals surface area (Å²) in [5.41, 5.74) is 1.62. The predicted molar refractivity (Wildman–Crippen MR) is 77.8 cm³/mol. The first-order valence-corrected chi connectivity index (χ1v) is 7.54. The number of nitrogens with zero attached hydrogens (tertiary/aromatic N) is 3. The van der Waals surface area contributed by atoms with Gasteiger partial charge in [-0.1, -0.05) is 25.6 Å². The van der Waals surface area contributed by atoms with E-state index in [9.17, 15) is 0 Å². The van der Waals surface area contributed by atoms with E-state index in [0.29, 0.717) is 5.41 Å². The van der Waals surface area contributed by atoms with Crippen LogP contribution in [0.25, 0.3) is 0 Å². The van der Waals surface area contributed by atoms with Crippen molar-refractivity contribution in [3.63, 3.8) is 0 Å². The summed E-state index contributed by atoms with van der Waals surface area (Å²) in [7, 11) is 1.94. The van der Waals surface area contributed by atoms with Crippen molar-refractivity contribution >= 4 is 16.9 Å². The van der Waals surface area contributed by atoms with E-state index in [4.69, 9.17) is 0 Å². The minimum Gasteiger partial charge on any atom is -0.361 e. The van der Waals surface area contributed by atoms with Gasteiger partial charge in [0.15, 0.2) is 5.17 Å². The summed E-state index contributed by atoms with van der Waals surface area (Å²) in [5, 5.41) is 8.64. The first-order valence-electron chi connectivity index (χ1n) is 6.56. The van der Waals surface area contributed by atoms with Crippen molar-refractivity contribution in [2.24, 2.45) is 17.5 Å². The zero-order chi connectivity index (χ0) is 13.0. The second-order valence-corrected chi connectivity index (χ2v) is 5.96. The van der Waals surface area contributed by atoms with E-state index in [-0.39, 0.29) is 0 Å². The van der Waals surface area contributed by atoms with Crippen LogP contribution < -0.4 is 5.32 Å². The zero-order valence-electron chi connectivity index (χ0n) is 11.4. The van der Waals surface area contributed by atoms with Crippen LogP contribution >= 0.6 is 11.8 Å². The number of aliphatic imine (C=N–C) groups is 1. The molecule has 0 saturated heterocycles. The SMILES string of the molecule is CCC1(CC)CN=C(NCc2cnn(C)c2)SC1. The normalized spacial score (nSPS) is 18.5. The van der Waals surface area contributed by atoms with Gasteiger partial charge >= 0.3 is 0 Å². The largest absolute Gasteiger partial charge is 0.361 e. The number of thioether (sulfide) groups is 1. The standard InChI is InChI=1S/C13H22N4S/c1-4-13(5-2)9-15-12(18-10-13)14-6-11-7-16-17(3)8-11/h7-8H,4-6,9-10H2,1-3H3,(H,14,15). The number of rotatable bonds is 4. The van der Waals surface area contributed by atoms with Crippen molar-refractivity contribution in [1.29, 1.82) is 0 Å². The molecule has 1 aromatic rings. The fourth-order valence-corrected chi connectivity index (χ4v) is 3.35. The molecule has 0 unspecified atom stereocenters. The third kappa shape index (κ3) is 3.07. The Kier molecular flexibility index (Phi) is 4.32. The maximum atomic E-state index is 4.69. The van der Waals surface area contributed by atoms with Crippen LogP contribution in [0, 0.1) is 5.41 Å². The summed E-state index contributed by atoms with van der Waals surface area (Å²) in [6.45, 7) is 6.31. The number of aromatic nitrogens is 2. The molecule has 1 aliphatic heterocycles. The van der Waals surface area contributed by atoms with Gasteiger partial charge in [0.25, 0.3) is 0 Å². The lowest BCUT2D eigenvalue weighted by molar-refractivity contribution is 0.318. The van der Waals surface area contributed by atoms with Gasteiger partial charge in [0.2, 0.25) is 0 Å². The molecule has 0 aromatic carbocycles. The highest BCUT2D eigenvalue weighted by Gasteiger charge is 2.29. The van der Waals surface area contributed by atoms with E-state index in [0.717, 1.165) is 18.3 Å². The van der Waals surface area contributed by atoms with Gasteiger partial charge in [0.1, 0.15) is 0 Å². The fraction of sp³-hybridized carbons (Fsp3) is 0.692. The Morgan fingerprint density at radius 2 is 2.22 bits per heavy atom. The molecule has 18 heavy (non-hydrogen) atoms. The summed E-state index contributed by atoms with van der Waals surface area (Å²) >= 11 is 1.86. The first-order chi connectivity index (χ1) is 8.67. The van der Waals surface area contributed by atoms with Crippen molar-refractivity contribution in [3.8, 4) is 0 Å². The number of hydrogen-bond donors (Lipinski definition) is 1. The van der Waals surface area contributed by atoms with Gasteiger partial charge < -0.3 is 5.32 Å². The number of aryl methyl sites for hydroxylation is 1. The molecule has 0 fully saturated rings. The maximum Gasteiger partial charge on any atom is 0.156 e. The lowest BCUT2D eigenvalue weighted by Crippen LogP contribution is -2.34. The smallest absolute Gasteiger partial charge is 0.156 e.